The van der Waals surface area contributed by atoms with Gasteiger partial charge in [0, 0.05) is 18.3 Å². The maximum atomic E-state index is 12.9. The predicted molar refractivity (Wildman–Crippen MR) is 89.5 cm³/mol. The fourth-order valence-corrected chi connectivity index (χ4v) is 4.66. The summed E-state index contributed by atoms with van der Waals surface area (Å²) >= 11 is 0. The lowest BCUT2D eigenvalue weighted by Crippen LogP contribution is -2.46. The number of rotatable bonds is 3. The van der Waals surface area contributed by atoms with Gasteiger partial charge in [-0.3, -0.25) is 9.59 Å². The van der Waals surface area contributed by atoms with Crippen LogP contribution in [0.1, 0.15) is 24.5 Å². The highest BCUT2D eigenvalue weighted by Gasteiger charge is 2.38. The van der Waals surface area contributed by atoms with E-state index in [9.17, 15) is 44.3 Å². The zero-order chi connectivity index (χ0) is 22.2. The SMILES string of the molecule is CCN(C(=O)C(=O)Nc1cc(C(F)(F)F)cc(C(F)(F)F)c1)C1CCS(=O)(=O)C1. The van der Waals surface area contributed by atoms with Crippen LogP contribution in [0.2, 0.25) is 0 Å². The number of carbonyl (C=O) groups is 2. The molecule has 162 valence electrons. The van der Waals surface area contributed by atoms with Crippen molar-refractivity contribution in [3.63, 3.8) is 0 Å². The van der Waals surface area contributed by atoms with Crippen LogP contribution in [0, 0.1) is 0 Å². The summed E-state index contributed by atoms with van der Waals surface area (Å²) in [7, 11) is -3.39. The molecule has 1 aliphatic heterocycles. The van der Waals surface area contributed by atoms with Gasteiger partial charge in [-0.05, 0) is 31.5 Å². The maximum absolute atomic E-state index is 12.9. The topological polar surface area (TPSA) is 83.6 Å². The molecule has 1 atom stereocenters. The van der Waals surface area contributed by atoms with Gasteiger partial charge in [0.25, 0.3) is 0 Å². The number of anilines is 1. The summed E-state index contributed by atoms with van der Waals surface area (Å²) in [6.45, 7) is 1.39. The molecule has 2 rings (SSSR count). The summed E-state index contributed by atoms with van der Waals surface area (Å²) in [6, 6.07) is -0.359. The van der Waals surface area contributed by atoms with Gasteiger partial charge < -0.3 is 10.2 Å². The smallest absolute Gasteiger partial charge is 0.331 e. The highest BCUT2D eigenvalue weighted by molar-refractivity contribution is 7.91. The third-order valence-electron chi connectivity index (χ3n) is 4.29. The van der Waals surface area contributed by atoms with Crippen LogP contribution >= 0.6 is 0 Å². The van der Waals surface area contributed by atoms with Gasteiger partial charge in [-0.15, -0.1) is 0 Å². The number of sulfone groups is 1. The Kier molecular flexibility index (Phi) is 6.21. The molecule has 0 aliphatic carbocycles. The molecule has 2 amide bonds. The molecule has 0 aromatic heterocycles. The van der Waals surface area contributed by atoms with Gasteiger partial charge in [-0.25, -0.2) is 8.42 Å². The van der Waals surface area contributed by atoms with Crippen LogP contribution in [0.25, 0.3) is 0 Å². The molecule has 29 heavy (non-hydrogen) atoms. The van der Waals surface area contributed by atoms with E-state index in [1.165, 1.54) is 6.92 Å². The fourth-order valence-electron chi connectivity index (χ4n) is 2.93. The first-order chi connectivity index (χ1) is 13.1. The highest BCUT2D eigenvalue weighted by Crippen LogP contribution is 2.37. The average molecular weight is 446 g/mol. The van der Waals surface area contributed by atoms with Crippen molar-refractivity contribution in [2.24, 2.45) is 0 Å². The summed E-state index contributed by atoms with van der Waals surface area (Å²) in [5, 5.41) is 1.75. The Bertz CT molecular complexity index is 879. The van der Waals surface area contributed by atoms with Crippen LogP contribution in [0.4, 0.5) is 32.0 Å². The van der Waals surface area contributed by atoms with Gasteiger partial charge in [0.05, 0.1) is 22.6 Å². The quantitative estimate of drug-likeness (QED) is 0.572. The van der Waals surface area contributed by atoms with Crippen molar-refractivity contribution in [1.29, 1.82) is 0 Å². The first-order valence-electron chi connectivity index (χ1n) is 8.26. The molecule has 13 heteroatoms. The second-order valence-corrected chi connectivity index (χ2v) is 8.63. The van der Waals surface area contributed by atoms with Gasteiger partial charge in [0.15, 0.2) is 9.84 Å². The Hall–Kier alpha value is -2.31. The Balaban J connectivity index is 2.28. The molecule has 0 saturated carbocycles. The number of benzene rings is 1. The van der Waals surface area contributed by atoms with E-state index in [-0.39, 0.29) is 42.7 Å². The van der Waals surface area contributed by atoms with Gasteiger partial charge in [-0.2, -0.15) is 26.3 Å². The van der Waals surface area contributed by atoms with E-state index >= 15 is 0 Å². The van der Waals surface area contributed by atoms with Crippen LogP contribution in [0.3, 0.4) is 0 Å². The van der Waals surface area contributed by atoms with Crippen molar-refractivity contribution < 1.29 is 44.3 Å². The summed E-state index contributed by atoms with van der Waals surface area (Å²) in [6.07, 6.45) is -10.1. The van der Waals surface area contributed by atoms with Crippen molar-refractivity contribution in [2.45, 2.75) is 31.7 Å². The average Bonchev–Trinajstić information content (AvgIpc) is 2.93. The minimum atomic E-state index is -5.11. The van der Waals surface area contributed by atoms with Crippen LogP contribution in [0.5, 0.6) is 0 Å². The molecule has 1 saturated heterocycles. The van der Waals surface area contributed by atoms with Crippen LogP contribution in [0.15, 0.2) is 18.2 Å². The van der Waals surface area contributed by atoms with Crippen molar-refractivity contribution in [1.82, 2.24) is 4.90 Å². The van der Waals surface area contributed by atoms with Gasteiger partial charge in [0.1, 0.15) is 0 Å². The molecule has 1 aliphatic rings. The lowest BCUT2D eigenvalue weighted by atomic mass is 10.1. The van der Waals surface area contributed by atoms with E-state index in [1.54, 1.807) is 5.32 Å². The zero-order valence-corrected chi connectivity index (χ0v) is 15.7. The number of hydrogen-bond acceptors (Lipinski definition) is 4. The molecule has 1 N–H and O–H groups in total. The third kappa shape index (κ3) is 5.61. The highest BCUT2D eigenvalue weighted by atomic mass is 32.2. The van der Waals surface area contributed by atoms with E-state index in [1.807, 2.05) is 0 Å². The normalized spacial score (nSPS) is 19.1. The largest absolute Gasteiger partial charge is 0.416 e. The minimum absolute atomic E-state index is 0.0666. The van der Waals surface area contributed by atoms with Crippen LogP contribution < -0.4 is 5.32 Å². The van der Waals surface area contributed by atoms with E-state index in [0.717, 1.165) is 4.90 Å². The predicted octanol–water partition coefficient (Wildman–Crippen LogP) is 2.70. The molecule has 1 aromatic rings. The van der Waals surface area contributed by atoms with Crippen molar-refractivity contribution >= 4 is 27.3 Å². The molecule has 0 spiro atoms. The number of nitrogens with zero attached hydrogens (tertiary/aromatic N) is 1. The lowest BCUT2D eigenvalue weighted by Gasteiger charge is -2.26. The lowest BCUT2D eigenvalue weighted by molar-refractivity contribution is -0.144. The van der Waals surface area contributed by atoms with E-state index in [0.29, 0.717) is 0 Å². The minimum Gasteiger partial charge on any atom is -0.331 e. The first kappa shape index (κ1) is 23.0. The summed E-state index contributed by atoms with van der Waals surface area (Å²) < 4.78 is 100. The number of nitrogens with one attached hydrogen (secondary N) is 1. The zero-order valence-electron chi connectivity index (χ0n) is 14.9. The number of hydrogen-bond donors (Lipinski definition) is 1. The molecule has 1 heterocycles. The Labute approximate surface area is 161 Å². The van der Waals surface area contributed by atoms with E-state index in [4.69, 9.17) is 0 Å². The van der Waals surface area contributed by atoms with Crippen molar-refractivity contribution in [2.75, 3.05) is 23.4 Å². The van der Waals surface area contributed by atoms with Crippen LogP contribution in [-0.2, 0) is 31.8 Å². The second-order valence-electron chi connectivity index (χ2n) is 6.40. The molecular formula is C16H16F6N2O4S. The molecule has 1 aromatic carbocycles. The van der Waals surface area contributed by atoms with Gasteiger partial charge in [0.2, 0.25) is 0 Å². The van der Waals surface area contributed by atoms with Crippen molar-refractivity contribution in [3.8, 4) is 0 Å². The molecule has 1 fully saturated rings. The number of alkyl halides is 6. The maximum Gasteiger partial charge on any atom is 0.416 e. The van der Waals surface area contributed by atoms with Gasteiger partial charge in [-0.1, -0.05) is 0 Å². The molecule has 6 nitrogen and oxygen atoms in total. The van der Waals surface area contributed by atoms with Crippen LogP contribution in [-0.4, -0.2) is 49.2 Å². The summed E-state index contributed by atoms with van der Waals surface area (Å²) in [5.41, 5.74) is -4.16. The summed E-state index contributed by atoms with van der Waals surface area (Å²) in [4.78, 5) is 25.4. The Morgan fingerprint density at radius 3 is 1.97 bits per heavy atom. The van der Waals surface area contributed by atoms with E-state index < -0.39 is 56.9 Å². The number of amides is 2. The fraction of sp³-hybridized carbons (Fsp3) is 0.500. The first-order valence-corrected chi connectivity index (χ1v) is 10.1. The van der Waals surface area contributed by atoms with E-state index in [2.05, 4.69) is 0 Å². The third-order valence-corrected chi connectivity index (χ3v) is 6.04. The van der Waals surface area contributed by atoms with Gasteiger partial charge >= 0.3 is 24.2 Å². The Morgan fingerprint density at radius 2 is 1.59 bits per heavy atom. The summed E-state index contributed by atoms with van der Waals surface area (Å²) in [5.74, 6) is -3.28. The molecular weight excluding hydrogens is 430 g/mol. The molecule has 0 bridgehead atoms. The number of likely N-dealkylation sites (N-methyl/N-ethyl adjacent to an activating group) is 1. The number of carbonyl (C=O) groups excluding carboxylic acids is 2. The molecule has 1 unspecified atom stereocenters. The number of halogens is 6. The monoisotopic (exact) mass is 446 g/mol. The molecule has 0 radical (unpaired) electrons. The second kappa shape index (κ2) is 7.84. The standard InChI is InChI=1S/C16H16F6N2O4S/c1-2-24(12-3-4-29(27,28)8-12)14(26)13(25)23-11-6-9(15(17,18)19)5-10(7-11)16(20,21)22/h5-7,12H,2-4,8H2,1H3,(H,23,25). The van der Waals surface area contributed by atoms with Crippen molar-refractivity contribution in [3.05, 3.63) is 29.3 Å². The Morgan fingerprint density at radius 1 is 1.07 bits per heavy atom.